The number of azide groups is 1. The molecule has 1 heterocycles. The van der Waals surface area contributed by atoms with Gasteiger partial charge in [0.15, 0.2) is 0 Å². The maximum Gasteiger partial charge on any atom is 0.261 e. The predicted octanol–water partition coefficient (Wildman–Crippen LogP) is 7.23. The Morgan fingerprint density at radius 1 is 1.02 bits per heavy atom. The molecule has 4 aromatic rings. The van der Waals surface area contributed by atoms with Crippen LogP contribution in [0.25, 0.3) is 21.3 Å². The number of aliphatic hydroxyl groups excluding tert-OH is 1. The second-order valence-corrected chi connectivity index (χ2v) is 16.6. The molecule has 0 saturated heterocycles. The van der Waals surface area contributed by atoms with E-state index >= 15 is 0 Å². The summed E-state index contributed by atoms with van der Waals surface area (Å²) in [4.78, 5) is 7.49. The van der Waals surface area contributed by atoms with Crippen molar-refractivity contribution in [2.45, 2.75) is 51.2 Å². The van der Waals surface area contributed by atoms with E-state index in [-0.39, 0.29) is 23.4 Å². The van der Waals surface area contributed by atoms with Crippen molar-refractivity contribution in [1.29, 1.82) is 0 Å². The summed E-state index contributed by atoms with van der Waals surface area (Å²) < 4.78 is 12.6. The first-order valence-electron chi connectivity index (χ1n) is 15.2. The van der Waals surface area contributed by atoms with Gasteiger partial charge in [0.1, 0.15) is 5.75 Å². The number of benzene rings is 3. The highest BCUT2D eigenvalue weighted by Gasteiger charge is 2.50. The normalized spacial score (nSPS) is 13.9. The molecule has 0 spiro atoms. The highest BCUT2D eigenvalue weighted by atomic mass is 28.4. The first-order valence-corrected chi connectivity index (χ1v) is 17.1. The third-order valence-electron chi connectivity index (χ3n) is 8.56. The summed E-state index contributed by atoms with van der Waals surface area (Å²) in [6.07, 6.45) is 4.66. The minimum Gasteiger partial charge on any atom is -0.497 e. The van der Waals surface area contributed by atoms with E-state index in [4.69, 9.17) is 14.7 Å². The van der Waals surface area contributed by atoms with Gasteiger partial charge in [0.2, 0.25) is 0 Å². The molecule has 8 heteroatoms. The van der Waals surface area contributed by atoms with Crippen LogP contribution in [0, 0.1) is 11.8 Å². The van der Waals surface area contributed by atoms with Gasteiger partial charge in [-0.25, -0.2) is 0 Å². The van der Waals surface area contributed by atoms with Crippen molar-refractivity contribution in [3.05, 3.63) is 120 Å². The Labute approximate surface area is 262 Å². The topological polar surface area (TPSA) is 100 Å². The van der Waals surface area contributed by atoms with Gasteiger partial charge in [-0.15, -0.1) is 6.58 Å². The minimum absolute atomic E-state index is 0.00569. The highest BCUT2D eigenvalue weighted by molar-refractivity contribution is 6.99. The van der Waals surface area contributed by atoms with Crippen molar-refractivity contribution in [3.63, 3.8) is 0 Å². The van der Waals surface area contributed by atoms with Crippen LogP contribution in [-0.2, 0) is 10.8 Å². The molecule has 3 aromatic carbocycles. The molecule has 0 fully saturated rings. The minimum atomic E-state index is -2.72. The van der Waals surface area contributed by atoms with Crippen molar-refractivity contribution in [3.8, 4) is 5.75 Å². The Morgan fingerprint density at radius 2 is 1.68 bits per heavy atom. The van der Waals surface area contributed by atoms with E-state index in [0.717, 1.165) is 22.2 Å². The molecule has 4 rings (SSSR count). The maximum atomic E-state index is 11.5. The third kappa shape index (κ3) is 7.58. The van der Waals surface area contributed by atoms with Crippen LogP contribution in [0.15, 0.2) is 109 Å². The Hall–Kier alpha value is -3.94. The summed E-state index contributed by atoms with van der Waals surface area (Å²) in [6, 6.07) is 28.9. The van der Waals surface area contributed by atoms with Crippen LogP contribution in [0.2, 0.25) is 5.04 Å². The molecule has 0 aliphatic rings. The molecule has 0 bridgehead atoms. The Morgan fingerprint density at radius 3 is 2.25 bits per heavy atom. The lowest BCUT2D eigenvalue weighted by atomic mass is 9.84. The van der Waals surface area contributed by atoms with Gasteiger partial charge in [0.25, 0.3) is 8.32 Å². The second-order valence-electron chi connectivity index (χ2n) is 12.3. The van der Waals surface area contributed by atoms with Gasteiger partial charge in [-0.2, -0.15) is 0 Å². The van der Waals surface area contributed by atoms with Gasteiger partial charge in [-0.1, -0.05) is 92.6 Å². The number of rotatable bonds is 15. The Bertz CT molecular complexity index is 1510. The summed E-state index contributed by atoms with van der Waals surface area (Å²) in [7, 11) is -1.07. The van der Waals surface area contributed by atoms with Crippen molar-refractivity contribution in [1.82, 2.24) is 4.98 Å². The molecule has 1 N–H and O–H groups in total. The largest absolute Gasteiger partial charge is 0.497 e. The number of methoxy groups -OCH3 is 1. The van der Waals surface area contributed by atoms with E-state index in [9.17, 15) is 5.11 Å². The molecular formula is C36H44N4O3Si. The van der Waals surface area contributed by atoms with Gasteiger partial charge >= 0.3 is 0 Å². The first-order chi connectivity index (χ1) is 21.2. The quantitative estimate of drug-likeness (QED) is 0.0506. The van der Waals surface area contributed by atoms with Crippen molar-refractivity contribution >= 4 is 29.6 Å². The molecule has 0 amide bonds. The molecule has 0 saturated carbocycles. The third-order valence-corrected chi connectivity index (χ3v) is 13.6. The summed E-state index contributed by atoms with van der Waals surface area (Å²) in [6.45, 7) is 11.6. The average Bonchev–Trinajstić information content (AvgIpc) is 3.03. The van der Waals surface area contributed by atoms with Gasteiger partial charge in [-0.05, 0) is 81.9 Å². The van der Waals surface area contributed by atoms with E-state index in [1.807, 2.05) is 42.5 Å². The summed E-state index contributed by atoms with van der Waals surface area (Å²) in [5.41, 5.74) is 10.9. The lowest BCUT2D eigenvalue weighted by molar-refractivity contribution is 0.120. The van der Waals surface area contributed by atoms with E-state index in [1.54, 1.807) is 13.3 Å². The van der Waals surface area contributed by atoms with Crippen LogP contribution in [0.1, 0.15) is 39.2 Å². The number of hydrogen-bond donors (Lipinski definition) is 1. The standard InChI is InChI=1S/C36H44N4O3Si/c1-6-27(26-39-40-37)28(23-30(41)24-29-19-21-38-35-18-17-31(42-5)25-34(29)35)20-22-43-44(36(2,3)4,32-13-9-7-10-14-32)33-15-11-8-12-16-33/h6-19,21,25,27-28,30,41H,1,20,22-24,26H2,2-5H3/t27-,28-,30?/m0/s1. The monoisotopic (exact) mass is 608 g/mol. The molecule has 230 valence electrons. The molecule has 0 aliphatic carbocycles. The Balaban J connectivity index is 1.61. The summed E-state index contributed by atoms with van der Waals surface area (Å²) in [5.74, 6) is 0.645. The van der Waals surface area contributed by atoms with Crippen LogP contribution in [0.5, 0.6) is 5.75 Å². The number of pyridine rings is 1. The van der Waals surface area contributed by atoms with Crippen molar-refractivity contribution < 1.29 is 14.3 Å². The maximum absolute atomic E-state index is 11.5. The van der Waals surface area contributed by atoms with Gasteiger partial charge < -0.3 is 14.3 Å². The van der Waals surface area contributed by atoms with Crippen LogP contribution < -0.4 is 15.1 Å². The lowest BCUT2D eigenvalue weighted by Crippen LogP contribution is -2.66. The molecular weight excluding hydrogens is 565 g/mol. The van der Waals surface area contributed by atoms with Crippen LogP contribution in [0.3, 0.4) is 0 Å². The second kappa shape index (κ2) is 15.2. The van der Waals surface area contributed by atoms with Crippen molar-refractivity contribution in [2.24, 2.45) is 17.0 Å². The van der Waals surface area contributed by atoms with Gasteiger partial charge in [0.05, 0.1) is 18.7 Å². The fourth-order valence-corrected chi connectivity index (χ4v) is 10.9. The zero-order chi connectivity index (χ0) is 31.6. The number of aromatic nitrogens is 1. The number of fused-ring (bicyclic) bond motifs is 1. The highest BCUT2D eigenvalue weighted by Crippen LogP contribution is 2.37. The van der Waals surface area contributed by atoms with E-state index in [1.165, 1.54) is 10.4 Å². The number of nitrogens with zero attached hydrogens (tertiary/aromatic N) is 4. The molecule has 1 unspecified atom stereocenters. The molecule has 0 radical (unpaired) electrons. The zero-order valence-electron chi connectivity index (χ0n) is 26.3. The van der Waals surface area contributed by atoms with E-state index in [2.05, 4.69) is 90.9 Å². The smallest absolute Gasteiger partial charge is 0.261 e. The number of ether oxygens (including phenoxy) is 1. The first kappa shape index (κ1) is 33.0. The van der Waals surface area contributed by atoms with Gasteiger partial charge in [0, 0.05) is 29.6 Å². The molecule has 3 atom stereocenters. The number of hydrogen-bond acceptors (Lipinski definition) is 5. The molecule has 1 aromatic heterocycles. The fourth-order valence-electron chi connectivity index (χ4n) is 6.35. The number of aliphatic hydroxyl groups is 1. The van der Waals surface area contributed by atoms with Crippen molar-refractivity contribution in [2.75, 3.05) is 20.3 Å². The molecule has 0 aliphatic heterocycles. The predicted molar refractivity (Wildman–Crippen MR) is 182 cm³/mol. The van der Waals surface area contributed by atoms with Crippen LogP contribution in [0.4, 0.5) is 0 Å². The van der Waals surface area contributed by atoms with Crippen LogP contribution >= 0.6 is 0 Å². The summed E-state index contributed by atoms with van der Waals surface area (Å²) in [5, 5.41) is 18.6. The SMILES string of the molecule is C=C[C@@H](CN=[N+]=[N-])[C@@H](CCO[Si](c1ccccc1)(c1ccccc1)C(C)(C)C)CC(O)Cc1ccnc2ccc(OC)cc12. The van der Waals surface area contributed by atoms with Crippen LogP contribution in [-0.4, -0.2) is 44.8 Å². The molecule has 44 heavy (non-hydrogen) atoms. The van der Waals surface area contributed by atoms with E-state index < -0.39 is 14.4 Å². The van der Waals surface area contributed by atoms with Gasteiger partial charge in [-0.3, -0.25) is 4.98 Å². The fraction of sp³-hybridized carbons (Fsp3) is 0.361. The lowest BCUT2D eigenvalue weighted by Gasteiger charge is -2.43. The van der Waals surface area contributed by atoms with E-state index in [0.29, 0.717) is 25.9 Å². The zero-order valence-corrected chi connectivity index (χ0v) is 27.3. The molecule has 7 nitrogen and oxygen atoms in total. The summed E-state index contributed by atoms with van der Waals surface area (Å²) >= 11 is 0. The Kier molecular flexibility index (Phi) is 11.4. The average molecular weight is 609 g/mol.